The topological polar surface area (TPSA) is 90.4 Å². The smallest absolute Gasteiger partial charge is 0.255 e. The van der Waals surface area contributed by atoms with Crippen LogP contribution in [0.1, 0.15) is 17.3 Å². The summed E-state index contributed by atoms with van der Waals surface area (Å²) in [5, 5.41) is 3.04. The highest BCUT2D eigenvalue weighted by molar-refractivity contribution is 6.33. The van der Waals surface area contributed by atoms with Crippen molar-refractivity contribution in [2.75, 3.05) is 19.4 Å². The van der Waals surface area contributed by atoms with Gasteiger partial charge in [-0.2, -0.15) is 0 Å². The molecular formula is C11H16ClN3O2. The van der Waals surface area contributed by atoms with Gasteiger partial charge in [0.25, 0.3) is 5.91 Å². The van der Waals surface area contributed by atoms with Crippen LogP contribution in [-0.4, -0.2) is 25.6 Å². The Morgan fingerprint density at radius 2 is 2.24 bits per heavy atom. The molecule has 1 aromatic carbocycles. The molecule has 0 bridgehead atoms. The first-order valence-electron chi connectivity index (χ1n) is 5.13. The fraction of sp³-hybridized carbons (Fsp3) is 0.364. The number of hydrogen-bond donors (Lipinski definition) is 3. The second-order valence-electron chi connectivity index (χ2n) is 3.68. The number of carbonyl (C=O) groups is 1. The minimum atomic E-state index is -0.290. The summed E-state index contributed by atoms with van der Waals surface area (Å²) in [5.41, 5.74) is 11.8. The number of nitrogens with one attached hydrogen (secondary N) is 1. The number of anilines is 1. The molecule has 0 radical (unpaired) electrons. The predicted molar refractivity (Wildman–Crippen MR) is 68.4 cm³/mol. The highest BCUT2D eigenvalue weighted by Gasteiger charge is 2.16. The van der Waals surface area contributed by atoms with E-state index in [1.807, 2.05) is 6.92 Å². The van der Waals surface area contributed by atoms with Crippen molar-refractivity contribution in [3.63, 3.8) is 0 Å². The molecule has 0 aromatic heterocycles. The van der Waals surface area contributed by atoms with Gasteiger partial charge in [-0.25, -0.2) is 0 Å². The molecular weight excluding hydrogens is 242 g/mol. The predicted octanol–water partition coefficient (Wildman–Crippen LogP) is 1.01. The molecule has 0 heterocycles. The van der Waals surface area contributed by atoms with Crippen LogP contribution in [0.25, 0.3) is 0 Å². The van der Waals surface area contributed by atoms with E-state index in [9.17, 15) is 4.79 Å². The minimum absolute atomic E-state index is 0.122. The van der Waals surface area contributed by atoms with Gasteiger partial charge in [0.2, 0.25) is 0 Å². The number of methoxy groups -OCH3 is 1. The van der Waals surface area contributed by atoms with E-state index >= 15 is 0 Å². The van der Waals surface area contributed by atoms with Crippen molar-refractivity contribution < 1.29 is 9.53 Å². The summed E-state index contributed by atoms with van der Waals surface area (Å²) in [6, 6.07) is 2.88. The van der Waals surface area contributed by atoms with E-state index in [2.05, 4.69) is 5.32 Å². The fourth-order valence-electron chi connectivity index (χ4n) is 1.28. The van der Waals surface area contributed by atoms with E-state index in [-0.39, 0.29) is 11.9 Å². The lowest BCUT2D eigenvalue weighted by molar-refractivity contribution is 0.0938. The summed E-state index contributed by atoms with van der Waals surface area (Å²) in [7, 11) is 1.46. The molecule has 5 N–H and O–H groups in total. The monoisotopic (exact) mass is 257 g/mol. The van der Waals surface area contributed by atoms with Gasteiger partial charge in [0.15, 0.2) is 0 Å². The molecule has 0 spiro atoms. The first-order valence-corrected chi connectivity index (χ1v) is 5.51. The Balaban J connectivity index is 3.03. The lowest BCUT2D eigenvalue weighted by Gasteiger charge is -2.14. The summed E-state index contributed by atoms with van der Waals surface area (Å²) in [5.74, 6) is 0.0929. The van der Waals surface area contributed by atoms with Gasteiger partial charge in [-0.1, -0.05) is 11.6 Å². The van der Waals surface area contributed by atoms with E-state index in [1.54, 1.807) is 0 Å². The molecule has 17 heavy (non-hydrogen) atoms. The van der Waals surface area contributed by atoms with Crippen LogP contribution in [0, 0.1) is 0 Å². The third kappa shape index (κ3) is 3.25. The number of rotatable bonds is 4. The van der Waals surface area contributed by atoms with E-state index in [1.165, 1.54) is 19.2 Å². The average molecular weight is 258 g/mol. The van der Waals surface area contributed by atoms with Crippen LogP contribution in [-0.2, 0) is 0 Å². The van der Waals surface area contributed by atoms with Crippen molar-refractivity contribution in [1.82, 2.24) is 5.32 Å². The number of hydrogen-bond acceptors (Lipinski definition) is 4. The molecule has 94 valence electrons. The molecule has 1 aromatic rings. The van der Waals surface area contributed by atoms with Gasteiger partial charge in [-0.3, -0.25) is 4.79 Å². The molecule has 0 saturated heterocycles. The first-order chi connectivity index (χ1) is 7.99. The van der Waals surface area contributed by atoms with Gasteiger partial charge in [-0.15, -0.1) is 0 Å². The quantitative estimate of drug-likeness (QED) is 0.702. The highest BCUT2D eigenvalue weighted by atomic mass is 35.5. The Labute approximate surface area is 105 Å². The van der Waals surface area contributed by atoms with Gasteiger partial charge < -0.3 is 21.5 Å². The molecule has 0 aliphatic carbocycles. The van der Waals surface area contributed by atoms with Crippen LogP contribution in [0.5, 0.6) is 5.75 Å². The SMILES string of the molecule is COc1cc(N)c(Cl)cc1C(=O)N[C@@H](C)CN. The van der Waals surface area contributed by atoms with Gasteiger partial charge in [0.1, 0.15) is 5.75 Å². The van der Waals surface area contributed by atoms with Crippen LogP contribution < -0.4 is 21.5 Å². The summed E-state index contributed by atoms with van der Waals surface area (Å²) in [6.07, 6.45) is 0. The zero-order valence-corrected chi connectivity index (χ0v) is 10.5. The van der Waals surface area contributed by atoms with E-state index in [0.717, 1.165) is 0 Å². The molecule has 1 atom stereocenters. The molecule has 0 aliphatic heterocycles. The number of amides is 1. The van der Waals surface area contributed by atoms with Crippen molar-refractivity contribution in [3.8, 4) is 5.75 Å². The molecule has 5 nitrogen and oxygen atoms in total. The molecule has 0 saturated carbocycles. The third-order valence-corrected chi connectivity index (χ3v) is 2.62. The minimum Gasteiger partial charge on any atom is -0.496 e. The summed E-state index contributed by atoms with van der Waals surface area (Å²) < 4.78 is 5.09. The Kier molecular flexibility index (Phi) is 4.60. The maximum Gasteiger partial charge on any atom is 0.255 e. The van der Waals surface area contributed by atoms with E-state index < -0.39 is 0 Å². The normalized spacial score (nSPS) is 12.0. The molecule has 1 rings (SSSR count). The number of nitrogen functional groups attached to an aromatic ring is 1. The first kappa shape index (κ1) is 13.6. The van der Waals surface area contributed by atoms with Crippen molar-refractivity contribution in [3.05, 3.63) is 22.7 Å². The van der Waals surface area contributed by atoms with Crippen molar-refractivity contribution in [1.29, 1.82) is 0 Å². The van der Waals surface area contributed by atoms with Crippen LogP contribution in [0.3, 0.4) is 0 Å². The van der Waals surface area contributed by atoms with Crippen LogP contribution in [0.15, 0.2) is 12.1 Å². The van der Waals surface area contributed by atoms with Crippen molar-refractivity contribution >= 4 is 23.2 Å². The fourth-order valence-corrected chi connectivity index (χ4v) is 1.44. The Morgan fingerprint density at radius 1 is 1.59 bits per heavy atom. The Bertz CT molecular complexity index is 423. The second kappa shape index (κ2) is 5.75. The lowest BCUT2D eigenvalue weighted by atomic mass is 10.1. The second-order valence-corrected chi connectivity index (χ2v) is 4.09. The molecule has 0 fully saturated rings. The van der Waals surface area contributed by atoms with E-state index in [0.29, 0.717) is 28.6 Å². The number of ether oxygens (including phenoxy) is 1. The largest absolute Gasteiger partial charge is 0.496 e. The molecule has 0 aliphatic rings. The number of benzene rings is 1. The number of halogens is 1. The average Bonchev–Trinajstić information content (AvgIpc) is 2.31. The zero-order chi connectivity index (χ0) is 13.0. The maximum atomic E-state index is 11.9. The van der Waals surface area contributed by atoms with Crippen molar-refractivity contribution in [2.24, 2.45) is 5.73 Å². The van der Waals surface area contributed by atoms with E-state index in [4.69, 9.17) is 27.8 Å². The van der Waals surface area contributed by atoms with Gasteiger partial charge in [0, 0.05) is 18.7 Å². The summed E-state index contributed by atoms with van der Waals surface area (Å²) in [4.78, 5) is 11.9. The molecule has 0 unspecified atom stereocenters. The van der Waals surface area contributed by atoms with Gasteiger partial charge >= 0.3 is 0 Å². The molecule has 6 heteroatoms. The lowest BCUT2D eigenvalue weighted by Crippen LogP contribution is -2.37. The Hall–Kier alpha value is -1.46. The van der Waals surface area contributed by atoms with Crippen LogP contribution in [0.4, 0.5) is 5.69 Å². The number of carbonyl (C=O) groups excluding carboxylic acids is 1. The van der Waals surface area contributed by atoms with Crippen molar-refractivity contribution in [2.45, 2.75) is 13.0 Å². The Morgan fingerprint density at radius 3 is 2.76 bits per heavy atom. The summed E-state index contributed by atoms with van der Waals surface area (Å²) in [6.45, 7) is 2.17. The zero-order valence-electron chi connectivity index (χ0n) is 9.79. The third-order valence-electron chi connectivity index (χ3n) is 2.29. The van der Waals surface area contributed by atoms with Crippen LogP contribution >= 0.6 is 11.6 Å². The van der Waals surface area contributed by atoms with Gasteiger partial charge in [-0.05, 0) is 13.0 Å². The highest BCUT2D eigenvalue weighted by Crippen LogP contribution is 2.28. The standard InChI is InChI=1S/C11H16ClN3O2/c1-6(5-13)15-11(16)7-3-8(12)9(14)4-10(7)17-2/h3-4,6H,5,13-14H2,1-2H3,(H,15,16)/t6-/m0/s1. The van der Waals surface area contributed by atoms with Gasteiger partial charge in [0.05, 0.1) is 23.4 Å². The summed E-state index contributed by atoms with van der Waals surface area (Å²) >= 11 is 5.87. The number of nitrogens with two attached hydrogens (primary N) is 2. The molecule has 1 amide bonds. The maximum absolute atomic E-state index is 11.9. The van der Waals surface area contributed by atoms with Crippen LogP contribution in [0.2, 0.25) is 5.02 Å².